The molecule has 2 N–H and O–H groups in total. The summed E-state index contributed by atoms with van der Waals surface area (Å²) >= 11 is 0. The molecule has 0 aliphatic carbocycles. The molecule has 6 nitrogen and oxygen atoms in total. The molecule has 7 heteroatoms. The van der Waals surface area contributed by atoms with Crippen LogP contribution in [-0.2, 0) is 10.0 Å². The second kappa shape index (κ2) is 7.35. The van der Waals surface area contributed by atoms with Gasteiger partial charge in [-0.2, -0.15) is 0 Å². The first-order valence-corrected chi connectivity index (χ1v) is 11.0. The molecule has 0 amide bonds. The van der Waals surface area contributed by atoms with Gasteiger partial charge in [0, 0.05) is 11.3 Å². The molecular formula is C22H21N3O3S. The highest BCUT2D eigenvalue weighted by Crippen LogP contribution is 2.31. The van der Waals surface area contributed by atoms with Crippen LogP contribution in [0.2, 0.25) is 0 Å². The summed E-state index contributed by atoms with van der Waals surface area (Å²) in [4.78, 5) is 4.47. The Balaban J connectivity index is 1.79. The fourth-order valence-corrected chi connectivity index (χ4v) is 3.92. The van der Waals surface area contributed by atoms with E-state index < -0.39 is 16.1 Å². The molecule has 1 atom stereocenters. The topological polar surface area (TPSA) is 84.2 Å². The highest BCUT2D eigenvalue weighted by atomic mass is 32.2. The Hall–Kier alpha value is -3.16. The van der Waals surface area contributed by atoms with Gasteiger partial charge in [-0.25, -0.2) is 13.4 Å². The Morgan fingerprint density at radius 1 is 1.03 bits per heavy atom. The summed E-state index contributed by atoms with van der Waals surface area (Å²) in [6.07, 6.45) is 2.34. The van der Waals surface area contributed by atoms with E-state index in [1.54, 1.807) is 25.4 Å². The molecule has 0 aliphatic rings. The Morgan fingerprint density at radius 2 is 1.83 bits per heavy atom. The number of hydrogen-bond acceptors (Lipinski definition) is 4. The van der Waals surface area contributed by atoms with Crippen LogP contribution in [0.5, 0.6) is 0 Å². The minimum Gasteiger partial charge on any atom is -0.389 e. The summed E-state index contributed by atoms with van der Waals surface area (Å²) in [5, 5.41) is 9.79. The molecule has 0 spiro atoms. The van der Waals surface area contributed by atoms with Crippen LogP contribution in [0.15, 0.2) is 73.1 Å². The first-order chi connectivity index (χ1) is 13.8. The lowest BCUT2D eigenvalue weighted by Crippen LogP contribution is -2.10. The van der Waals surface area contributed by atoms with Gasteiger partial charge in [-0.3, -0.25) is 9.29 Å². The minimum absolute atomic E-state index is 0.532. The zero-order valence-corrected chi connectivity index (χ0v) is 16.9. The molecule has 4 rings (SSSR count). The van der Waals surface area contributed by atoms with Crippen molar-refractivity contribution in [2.45, 2.75) is 13.0 Å². The number of fused-ring (bicyclic) bond motifs is 1. The SMILES string of the molecule is C[C@H](O)c1ccc2c(c1)ncn2-c1cccc(-c2ccccc2NS(C)(=O)=O)c1. The number of benzene rings is 3. The molecule has 0 radical (unpaired) electrons. The molecule has 0 saturated heterocycles. The maximum Gasteiger partial charge on any atom is 0.229 e. The fourth-order valence-electron chi connectivity index (χ4n) is 3.34. The molecule has 0 unspecified atom stereocenters. The number of aromatic nitrogens is 2. The molecule has 3 aromatic carbocycles. The van der Waals surface area contributed by atoms with Crippen molar-refractivity contribution in [3.63, 3.8) is 0 Å². The Morgan fingerprint density at radius 3 is 2.59 bits per heavy atom. The molecule has 0 saturated carbocycles. The van der Waals surface area contributed by atoms with Gasteiger partial charge in [0.15, 0.2) is 0 Å². The average Bonchev–Trinajstić information content (AvgIpc) is 3.10. The normalized spacial score (nSPS) is 12.8. The summed E-state index contributed by atoms with van der Waals surface area (Å²) in [5.41, 5.74) is 5.66. The molecule has 1 heterocycles. The molecule has 1 aromatic heterocycles. The van der Waals surface area contributed by atoms with Crippen molar-refractivity contribution in [3.8, 4) is 16.8 Å². The van der Waals surface area contributed by atoms with E-state index >= 15 is 0 Å². The number of rotatable bonds is 5. The van der Waals surface area contributed by atoms with Crippen LogP contribution in [0.1, 0.15) is 18.6 Å². The van der Waals surface area contributed by atoms with Crippen LogP contribution < -0.4 is 4.72 Å². The number of nitrogens with zero attached hydrogens (tertiary/aromatic N) is 2. The van der Waals surface area contributed by atoms with Gasteiger partial charge in [0.2, 0.25) is 10.0 Å². The Labute approximate surface area is 169 Å². The van der Waals surface area contributed by atoms with Gasteiger partial charge in [0.05, 0.1) is 29.1 Å². The predicted octanol–water partition coefficient (Wildman–Crippen LogP) is 4.12. The summed E-state index contributed by atoms with van der Waals surface area (Å²) in [6, 6.07) is 20.8. The number of imidazole rings is 1. The fraction of sp³-hybridized carbons (Fsp3) is 0.136. The highest BCUT2D eigenvalue weighted by Gasteiger charge is 2.11. The lowest BCUT2D eigenvalue weighted by Gasteiger charge is -2.12. The predicted molar refractivity (Wildman–Crippen MR) is 116 cm³/mol. The largest absolute Gasteiger partial charge is 0.389 e. The smallest absolute Gasteiger partial charge is 0.229 e. The number of nitrogens with one attached hydrogen (secondary N) is 1. The molecule has 148 valence electrons. The average molecular weight is 407 g/mol. The van der Waals surface area contributed by atoms with Crippen LogP contribution >= 0.6 is 0 Å². The second-order valence-corrected chi connectivity index (χ2v) is 8.76. The minimum atomic E-state index is -3.39. The number of aliphatic hydroxyl groups excluding tert-OH is 1. The van der Waals surface area contributed by atoms with Crippen LogP contribution in [0.3, 0.4) is 0 Å². The zero-order valence-electron chi connectivity index (χ0n) is 16.1. The van der Waals surface area contributed by atoms with E-state index in [9.17, 15) is 13.5 Å². The Bertz CT molecular complexity index is 1290. The van der Waals surface area contributed by atoms with Crippen LogP contribution in [0.25, 0.3) is 27.8 Å². The van der Waals surface area contributed by atoms with E-state index in [0.29, 0.717) is 5.69 Å². The van der Waals surface area contributed by atoms with Crippen molar-refractivity contribution in [2.75, 3.05) is 11.0 Å². The van der Waals surface area contributed by atoms with Gasteiger partial charge in [-0.05, 0) is 48.4 Å². The monoisotopic (exact) mass is 407 g/mol. The lowest BCUT2D eigenvalue weighted by molar-refractivity contribution is 0.199. The molecule has 0 bridgehead atoms. The molecule has 0 fully saturated rings. The van der Waals surface area contributed by atoms with E-state index in [1.165, 1.54) is 0 Å². The number of aliphatic hydroxyl groups is 1. The van der Waals surface area contributed by atoms with E-state index in [4.69, 9.17) is 0 Å². The van der Waals surface area contributed by atoms with Crippen LogP contribution in [0.4, 0.5) is 5.69 Å². The van der Waals surface area contributed by atoms with Crippen molar-refractivity contribution in [2.24, 2.45) is 0 Å². The number of anilines is 1. The number of hydrogen-bond donors (Lipinski definition) is 2. The highest BCUT2D eigenvalue weighted by molar-refractivity contribution is 7.92. The van der Waals surface area contributed by atoms with Crippen LogP contribution in [0, 0.1) is 0 Å². The van der Waals surface area contributed by atoms with Crippen molar-refractivity contribution < 1.29 is 13.5 Å². The van der Waals surface area contributed by atoms with Crippen molar-refractivity contribution >= 4 is 26.7 Å². The lowest BCUT2D eigenvalue weighted by atomic mass is 10.0. The summed E-state index contributed by atoms with van der Waals surface area (Å²) in [7, 11) is -3.39. The van der Waals surface area contributed by atoms with Crippen molar-refractivity contribution in [1.29, 1.82) is 0 Å². The zero-order chi connectivity index (χ0) is 20.6. The molecule has 0 aliphatic heterocycles. The van der Waals surface area contributed by atoms with Gasteiger partial charge in [-0.15, -0.1) is 0 Å². The number of para-hydroxylation sites is 1. The van der Waals surface area contributed by atoms with Crippen LogP contribution in [-0.4, -0.2) is 29.3 Å². The van der Waals surface area contributed by atoms with E-state index in [1.807, 2.05) is 59.2 Å². The van der Waals surface area contributed by atoms with E-state index in [0.717, 1.165) is 39.7 Å². The first kappa shape index (κ1) is 19.2. The van der Waals surface area contributed by atoms with E-state index in [-0.39, 0.29) is 0 Å². The van der Waals surface area contributed by atoms with Gasteiger partial charge >= 0.3 is 0 Å². The van der Waals surface area contributed by atoms with Gasteiger partial charge < -0.3 is 5.11 Å². The van der Waals surface area contributed by atoms with Crippen molar-refractivity contribution in [3.05, 3.63) is 78.6 Å². The van der Waals surface area contributed by atoms with Gasteiger partial charge in [0.25, 0.3) is 0 Å². The molecular weight excluding hydrogens is 386 g/mol. The summed E-state index contributed by atoms with van der Waals surface area (Å²) < 4.78 is 28.0. The second-order valence-electron chi connectivity index (χ2n) is 7.01. The Kier molecular flexibility index (Phi) is 4.86. The maximum absolute atomic E-state index is 11.7. The maximum atomic E-state index is 11.7. The van der Waals surface area contributed by atoms with Gasteiger partial charge in [-0.1, -0.05) is 36.4 Å². The summed E-state index contributed by atoms with van der Waals surface area (Å²) in [5.74, 6) is 0. The third kappa shape index (κ3) is 4.01. The quantitative estimate of drug-likeness (QED) is 0.521. The number of sulfonamides is 1. The summed E-state index contributed by atoms with van der Waals surface area (Å²) in [6.45, 7) is 1.73. The van der Waals surface area contributed by atoms with Gasteiger partial charge in [0.1, 0.15) is 6.33 Å². The third-order valence-corrected chi connectivity index (χ3v) is 5.30. The standard InChI is InChI=1S/C22H21N3O3S/c1-15(26)16-10-11-22-21(13-16)23-14-25(22)18-7-5-6-17(12-18)19-8-3-4-9-20(19)24-29(2,27)28/h3-15,24,26H,1-2H3/t15-/m0/s1. The molecule has 29 heavy (non-hydrogen) atoms. The molecule has 4 aromatic rings. The van der Waals surface area contributed by atoms with Crippen molar-refractivity contribution in [1.82, 2.24) is 9.55 Å². The first-order valence-electron chi connectivity index (χ1n) is 9.14. The van der Waals surface area contributed by atoms with E-state index in [2.05, 4.69) is 9.71 Å². The third-order valence-electron chi connectivity index (χ3n) is 4.71.